The summed E-state index contributed by atoms with van der Waals surface area (Å²) in [5.74, 6) is 0.716. The van der Waals surface area contributed by atoms with Crippen molar-refractivity contribution in [2.75, 3.05) is 13.1 Å². The molecular weight excluding hydrogens is 478 g/mol. The number of aryl methyl sites for hydroxylation is 1. The number of piperidine rings is 1. The van der Waals surface area contributed by atoms with Crippen molar-refractivity contribution in [1.29, 1.82) is 0 Å². The first-order valence-corrected chi connectivity index (χ1v) is 13.7. The van der Waals surface area contributed by atoms with Crippen molar-refractivity contribution in [3.63, 3.8) is 0 Å². The molecule has 0 bridgehead atoms. The van der Waals surface area contributed by atoms with E-state index in [4.69, 9.17) is 5.10 Å². The first kappa shape index (κ1) is 26.4. The first-order chi connectivity index (χ1) is 19.1. The molecule has 5 nitrogen and oxygen atoms in total. The third-order valence-electron chi connectivity index (χ3n) is 7.58. The Labute approximate surface area is 231 Å². The van der Waals surface area contributed by atoms with Crippen molar-refractivity contribution >= 4 is 22.0 Å². The number of aromatic nitrogens is 4. The van der Waals surface area contributed by atoms with Crippen molar-refractivity contribution in [3.05, 3.63) is 120 Å². The molecule has 1 saturated heterocycles. The quantitative estimate of drug-likeness (QED) is 0.199. The van der Waals surface area contributed by atoms with E-state index in [0.717, 1.165) is 64.3 Å². The minimum absolute atomic E-state index is 0.716. The molecule has 0 amide bonds. The summed E-state index contributed by atoms with van der Waals surface area (Å²) in [5, 5.41) is 12.5. The Hall–Kier alpha value is -4.22. The number of rotatable bonds is 9. The SMILES string of the molecule is C=C/C=C(/c1ccccn1)c1cc(-c2n[nH]c3ccc(C(/C=C(\C=C)CC4CCNCC4)=C/C)cc23)[nH]c1C. The molecule has 1 aliphatic rings. The molecule has 1 fully saturated rings. The van der Waals surface area contributed by atoms with Crippen molar-refractivity contribution in [2.24, 2.45) is 5.92 Å². The minimum atomic E-state index is 0.716. The predicted molar refractivity (Wildman–Crippen MR) is 164 cm³/mol. The molecule has 5 rings (SSSR count). The van der Waals surface area contributed by atoms with Crippen molar-refractivity contribution in [1.82, 2.24) is 25.5 Å². The van der Waals surface area contributed by atoms with Crippen molar-refractivity contribution < 1.29 is 0 Å². The van der Waals surface area contributed by atoms with Crippen LogP contribution in [-0.2, 0) is 0 Å². The number of hydrogen-bond donors (Lipinski definition) is 3. The number of pyridine rings is 1. The highest BCUT2D eigenvalue weighted by Gasteiger charge is 2.18. The lowest BCUT2D eigenvalue weighted by Gasteiger charge is -2.23. The summed E-state index contributed by atoms with van der Waals surface area (Å²) >= 11 is 0. The summed E-state index contributed by atoms with van der Waals surface area (Å²) in [6.45, 7) is 14.4. The van der Waals surface area contributed by atoms with E-state index < -0.39 is 0 Å². The van der Waals surface area contributed by atoms with E-state index in [-0.39, 0.29) is 0 Å². The van der Waals surface area contributed by atoms with Gasteiger partial charge in [0.2, 0.25) is 0 Å². The summed E-state index contributed by atoms with van der Waals surface area (Å²) in [7, 11) is 0. The number of hydrogen-bond acceptors (Lipinski definition) is 3. The van der Waals surface area contributed by atoms with Gasteiger partial charge in [-0.25, -0.2) is 0 Å². The van der Waals surface area contributed by atoms with E-state index >= 15 is 0 Å². The number of allylic oxidation sites excluding steroid dienone is 7. The van der Waals surface area contributed by atoms with Gasteiger partial charge < -0.3 is 10.3 Å². The molecule has 1 aromatic carbocycles. The number of benzene rings is 1. The van der Waals surface area contributed by atoms with Crippen LogP contribution in [0.25, 0.3) is 33.4 Å². The molecule has 0 aliphatic carbocycles. The van der Waals surface area contributed by atoms with Gasteiger partial charge in [-0.05, 0) is 99.2 Å². The average Bonchev–Trinajstić information content (AvgIpc) is 3.57. The second kappa shape index (κ2) is 12.1. The van der Waals surface area contributed by atoms with Crippen LogP contribution in [0, 0.1) is 12.8 Å². The average molecular weight is 516 g/mol. The van der Waals surface area contributed by atoms with Gasteiger partial charge in [0.25, 0.3) is 0 Å². The van der Waals surface area contributed by atoms with E-state index in [1.165, 1.54) is 29.6 Å². The molecule has 198 valence electrons. The van der Waals surface area contributed by atoms with Gasteiger partial charge in [-0.3, -0.25) is 10.1 Å². The molecule has 0 radical (unpaired) electrons. The van der Waals surface area contributed by atoms with Gasteiger partial charge in [-0.1, -0.05) is 55.7 Å². The van der Waals surface area contributed by atoms with Crippen LogP contribution in [0.1, 0.15) is 48.7 Å². The number of nitrogens with one attached hydrogen (secondary N) is 3. The Morgan fingerprint density at radius 1 is 1.10 bits per heavy atom. The smallest absolute Gasteiger partial charge is 0.116 e. The minimum Gasteiger partial charge on any atom is -0.357 e. The van der Waals surface area contributed by atoms with Crippen molar-refractivity contribution in [3.8, 4) is 11.4 Å². The maximum atomic E-state index is 4.71. The summed E-state index contributed by atoms with van der Waals surface area (Å²) in [6.07, 6.45) is 15.7. The van der Waals surface area contributed by atoms with Crippen LogP contribution in [0.2, 0.25) is 0 Å². The zero-order valence-electron chi connectivity index (χ0n) is 22.9. The molecule has 0 spiro atoms. The second-order valence-electron chi connectivity index (χ2n) is 10.2. The number of aromatic amines is 2. The maximum Gasteiger partial charge on any atom is 0.116 e. The van der Waals surface area contributed by atoms with Gasteiger partial charge in [0.15, 0.2) is 0 Å². The third kappa shape index (κ3) is 5.79. The summed E-state index contributed by atoms with van der Waals surface area (Å²) in [6, 6.07) is 14.6. The van der Waals surface area contributed by atoms with E-state index in [1.54, 1.807) is 6.08 Å². The lowest BCUT2D eigenvalue weighted by molar-refractivity contribution is 0.374. The van der Waals surface area contributed by atoms with Crippen LogP contribution in [0.3, 0.4) is 0 Å². The molecule has 4 aromatic rings. The fourth-order valence-corrected chi connectivity index (χ4v) is 5.47. The van der Waals surface area contributed by atoms with E-state index in [9.17, 15) is 0 Å². The van der Waals surface area contributed by atoms with Gasteiger partial charge in [0.05, 0.1) is 16.9 Å². The van der Waals surface area contributed by atoms with Crippen LogP contribution in [0.4, 0.5) is 0 Å². The molecule has 0 saturated carbocycles. The topological polar surface area (TPSA) is 69.4 Å². The molecule has 3 N–H and O–H groups in total. The highest BCUT2D eigenvalue weighted by molar-refractivity contribution is 5.96. The van der Waals surface area contributed by atoms with Crippen LogP contribution in [-0.4, -0.2) is 33.3 Å². The third-order valence-corrected chi connectivity index (χ3v) is 7.58. The van der Waals surface area contributed by atoms with Gasteiger partial charge >= 0.3 is 0 Å². The van der Waals surface area contributed by atoms with Crippen LogP contribution in [0.15, 0.2) is 97.8 Å². The molecule has 0 unspecified atom stereocenters. The predicted octanol–water partition coefficient (Wildman–Crippen LogP) is 7.78. The first-order valence-electron chi connectivity index (χ1n) is 13.7. The van der Waals surface area contributed by atoms with E-state index in [2.05, 4.69) is 83.8 Å². The molecular formula is C34H37N5. The van der Waals surface area contributed by atoms with Crippen molar-refractivity contribution in [2.45, 2.75) is 33.1 Å². The lowest BCUT2D eigenvalue weighted by atomic mass is 9.89. The van der Waals surface area contributed by atoms with Crippen LogP contribution < -0.4 is 5.32 Å². The van der Waals surface area contributed by atoms with Gasteiger partial charge in [0.1, 0.15) is 5.69 Å². The highest BCUT2D eigenvalue weighted by atomic mass is 15.1. The van der Waals surface area contributed by atoms with E-state index in [1.807, 2.05) is 36.5 Å². The molecule has 4 heterocycles. The van der Waals surface area contributed by atoms with Crippen LogP contribution in [0.5, 0.6) is 0 Å². The zero-order valence-corrected chi connectivity index (χ0v) is 22.9. The zero-order chi connectivity index (χ0) is 27.2. The Morgan fingerprint density at radius 2 is 1.95 bits per heavy atom. The molecule has 5 heteroatoms. The fraction of sp³-hybridized carbons (Fsp3) is 0.235. The number of fused-ring (bicyclic) bond motifs is 1. The summed E-state index contributed by atoms with van der Waals surface area (Å²) in [5.41, 5.74) is 10.6. The standard InChI is InChI=1S/C34H37N5/c1-5-10-28(31-11-8-9-16-36-31)29-22-33(37-23(29)4)34-30-21-27(12-13-32(30)38-39-34)26(7-3)20-24(6-2)19-25-14-17-35-18-15-25/h5-13,16,20-22,25,35,37H,1-2,14-15,17-19H2,3-4H3,(H,38,39)/b24-20+,26-7+,28-10+. The monoisotopic (exact) mass is 515 g/mol. The molecule has 1 aliphatic heterocycles. The lowest BCUT2D eigenvalue weighted by Crippen LogP contribution is -2.27. The van der Waals surface area contributed by atoms with Crippen LogP contribution >= 0.6 is 0 Å². The van der Waals surface area contributed by atoms with Gasteiger partial charge in [-0.2, -0.15) is 5.10 Å². The summed E-state index contributed by atoms with van der Waals surface area (Å²) < 4.78 is 0. The summed E-state index contributed by atoms with van der Waals surface area (Å²) in [4.78, 5) is 8.14. The number of nitrogens with zero attached hydrogens (tertiary/aromatic N) is 2. The highest BCUT2D eigenvalue weighted by Crippen LogP contribution is 2.34. The Kier molecular flexibility index (Phi) is 8.18. The molecule has 3 aromatic heterocycles. The fourth-order valence-electron chi connectivity index (χ4n) is 5.47. The molecule has 0 atom stereocenters. The Bertz CT molecular complexity index is 1560. The maximum absolute atomic E-state index is 4.71. The van der Waals surface area contributed by atoms with E-state index in [0.29, 0.717) is 5.92 Å². The Balaban J connectivity index is 1.49. The van der Waals surface area contributed by atoms with Gasteiger partial charge in [-0.15, -0.1) is 0 Å². The Morgan fingerprint density at radius 3 is 2.67 bits per heavy atom. The largest absolute Gasteiger partial charge is 0.357 e. The normalized spacial score (nSPS) is 15.6. The number of H-pyrrole nitrogens is 2. The molecule has 39 heavy (non-hydrogen) atoms. The second-order valence-corrected chi connectivity index (χ2v) is 10.2. The van der Waals surface area contributed by atoms with Gasteiger partial charge in [0, 0.05) is 28.4 Å².